The minimum absolute atomic E-state index is 0.249. The Balaban J connectivity index is 2.08. The van der Waals surface area contributed by atoms with Crippen molar-refractivity contribution in [2.75, 3.05) is 6.54 Å². The van der Waals surface area contributed by atoms with E-state index in [1.807, 2.05) is 47.2 Å². The lowest BCUT2D eigenvalue weighted by atomic mass is 10.1. The van der Waals surface area contributed by atoms with Crippen molar-refractivity contribution in [3.8, 4) is 11.4 Å². The van der Waals surface area contributed by atoms with Crippen molar-refractivity contribution in [2.45, 2.75) is 6.04 Å². The molecule has 3 rings (SSSR count). The van der Waals surface area contributed by atoms with Crippen LogP contribution >= 0.6 is 0 Å². The molecule has 0 aliphatic carbocycles. The molecule has 2 aromatic carbocycles. The summed E-state index contributed by atoms with van der Waals surface area (Å²) in [7, 11) is 0. The number of nitrogens with zero attached hydrogens (tertiary/aromatic N) is 2. The Morgan fingerprint density at radius 1 is 1.05 bits per heavy atom. The minimum Gasteiger partial charge on any atom is -0.328 e. The van der Waals surface area contributed by atoms with Crippen LogP contribution in [0.15, 0.2) is 67.0 Å². The maximum absolute atomic E-state index is 14.1. The Kier molecular flexibility index (Phi) is 3.79. The highest BCUT2D eigenvalue weighted by molar-refractivity contribution is 5.55. The van der Waals surface area contributed by atoms with Gasteiger partial charge >= 0.3 is 0 Å². The van der Waals surface area contributed by atoms with E-state index in [-0.39, 0.29) is 11.9 Å². The number of hydrogen-bond donors (Lipinski definition) is 1. The average Bonchev–Trinajstić information content (AvgIpc) is 3.00. The molecule has 21 heavy (non-hydrogen) atoms. The summed E-state index contributed by atoms with van der Waals surface area (Å²) >= 11 is 0. The zero-order chi connectivity index (χ0) is 14.7. The number of nitrogens with two attached hydrogens (primary N) is 1. The van der Waals surface area contributed by atoms with Crippen LogP contribution in [0.3, 0.4) is 0 Å². The van der Waals surface area contributed by atoms with Gasteiger partial charge in [0, 0.05) is 30.1 Å². The fraction of sp³-hybridized carbons (Fsp3) is 0.118. The predicted molar refractivity (Wildman–Crippen MR) is 81.3 cm³/mol. The summed E-state index contributed by atoms with van der Waals surface area (Å²) in [6.45, 7) is 0.303. The molecule has 0 radical (unpaired) electrons. The molecule has 0 saturated carbocycles. The van der Waals surface area contributed by atoms with Gasteiger partial charge in [0.05, 0.1) is 6.04 Å². The van der Waals surface area contributed by atoms with Crippen LogP contribution in [-0.2, 0) is 0 Å². The molecule has 3 aromatic rings. The first-order chi connectivity index (χ1) is 10.3. The Hall–Kier alpha value is -2.46. The van der Waals surface area contributed by atoms with E-state index in [4.69, 9.17) is 5.73 Å². The number of benzene rings is 2. The highest BCUT2D eigenvalue weighted by atomic mass is 19.1. The van der Waals surface area contributed by atoms with E-state index in [0.717, 1.165) is 11.4 Å². The van der Waals surface area contributed by atoms with Crippen molar-refractivity contribution in [3.63, 3.8) is 0 Å². The highest BCUT2D eigenvalue weighted by Gasteiger charge is 2.19. The van der Waals surface area contributed by atoms with E-state index in [1.165, 1.54) is 6.07 Å². The molecule has 3 nitrogen and oxygen atoms in total. The van der Waals surface area contributed by atoms with Crippen LogP contribution in [0.4, 0.5) is 4.39 Å². The van der Waals surface area contributed by atoms with Gasteiger partial charge in [0.2, 0.25) is 0 Å². The molecule has 0 bridgehead atoms. The first-order valence-electron chi connectivity index (χ1n) is 6.84. The average molecular weight is 281 g/mol. The Bertz CT molecular complexity index is 722. The van der Waals surface area contributed by atoms with Crippen LogP contribution in [0.1, 0.15) is 11.6 Å². The normalized spacial score (nSPS) is 12.3. The maximum atomic E-state index is 14.1. The van der Waals surface area contributed by atoms with E-state index >= 15 is 0 Å². The van der Waals surface area contributed by atoms with Crippen molar-refractivity contribution >= 4 is 0 Å². The maximum Gasteiger partial charge on any atom is 0.140 e. The standard InChI is InChI=1S/C17H16FN3/c18-15-9-5-4-8-14(15)16(12-19)21-11-10-20-17(21)13-6-2-1-3-7-13/h1-11,16H,12,19H2. The zero-order valence-electron chi connectivity index (χ0n) is 11.5. The third-order valence-electron chi connectivity index (χ3n) is 3.52. The van der Waals surface area contributed by atoms with E-state index < -0.39 is 0 Å². The monoisotopic (exact) mass is 281 g/mol. The Morgan fingerprint density at radius 3 is 2.48 bits per heavy atom. The third kappa shape index (κ3) is 2.58. The second-order valence-electron chi connectivity index (χ2n) is 4.80. The first kappa shape index (κ1) is 13.5. The van der Waals surface area contributed by atoms with E-state index in [2.05, 4.69) is 4.98 Å². The molecular weight excluding hydrogens is 265 g/mol. The predicted octanol–water partition coefficient (Wildman–Crippen LogP) is 3.24. The zero-order valence-corrected chi connectivity index (χ0v) is 11.5. The molecule has 0 fully saturated rings. The Labute approximate surface area is 122 Å². The van der Waals surface area contributed by atoms with E-state index in [9.17, 15) is 4.39 Å². The molecule has 1 aromatic heterocycles. The highest BCUT2D eigenvalue weighted by Crippen LogP contribution is 2.26. The SMILES string of the molecule is NCC(c1ccccc1F)n1ccnc1-c1ccccc1. The van der Waals surface area contributed by atoms with Crippen LogP contribution in [-0.4, -0.2) is 16.1 Å². The van der Waals surface area contributed by atoms with Crippen molar-refractivity contribution in [1.29, 1.82) is 0 Å². The fourth-order valence-corrected chi connectivity index (χ4v) is 2.51. The molecule has 1 heterocycles. The van der Waals surface area contributed by atoms with Crippen LogP contribution in [0.25, 0.3) is 11.4 Å². The third-order valence-corrected chi connectivity index (χ3v) is 3.52. The summed E-state index contributed by atoms with van der Waals surface area (Å²) in [5, 5.41) is 0. The summed E-state index contributed by atoms with van der Waals surface area (Å²) in [5.74, 6) is 0.537. The van der Waals surface area contributed by atoms with Gasteiger partial charge in [-0.1, -0.05) is 48.5 Å². The van der Waals surface area contributed by atoms with Gasteiger partial charge in [-0.05, 0) is 6.07 Å². The molecular formula is C17H16FN3. The van der Waals surface area contributed by atoms with Gasteiger partial charge in [0.25, 0.3) is 0 Å². The van der Waals surface area contributed by atoms with Crippen molar-refractivity contribution in [2.24, 2.45) is 5.73 Å². The lowest BCUT2D eigenvalue weighted by Crippen LogP contribution is -2.21. The molecule has 0 aliphatic rings. The number of rotatable bonds is 4. The topological polar surface area (TPSA) is 43.8 Å². The van der Waals surface area contributed by atoms with Gasteiger partial charge in [0.1, 0.15) is 11.6 Å². The van der Waals surface area contributed by atoms with Crippen LogP contribution in [0.2, 0.25) is 0 Å². The molecule has 4 heteroatoms. The quantitative estimate of drug-likeness (QED) is 0.798. The summed E-state index contributed by atoms with van der Waals surface area (Å²) in [5.41, 5.74) is 7.46. The minimum atomic E-state index is -0.274. The molecule has 0 saturated heterocycles. The summed E-state index contributed by atoms with van der Waals surface area (Å²) in [6, 6.07) is 16.3. The first-order valence-corrected chi connectivity index (χ1v) is 6.84. The molecule has 0 spiro atoms. The summed E-state index contributed by atoms with van der Waals surface area (Å²) < 4.78 is 16.0. The van der Waals surface area contributed by atoms with E-state index in [1.54, 1.807) is 18.3 Å². The smallest absolute Gasteiger partial charge is 0.140 e. The molecule has 1 unspecified atom stereocenters. The second kappa shape index (κ2) is 5.89. The van der Waals surface area contributed by atoms with Crippen molar-refractivity contribution < 1.29 is 4.39 Å². The summed E-state index contributed by atoms with van der Waals surface area (Å²) in [6.07, 6.45) is 3.55. The van der Waals surface area contributed by atoms with Crippen molar-refractivity contribution in [3.05, 3.63) is 78.4 Å². The number of halogens is 1. The lowest BCUT2D eigenvalue weighted by Gasteiger charge is -2.20. The van der Waals surface area contributed by atoms with Crippen molar-refractivity contribution in [1.82, 2.24) is 9.55 Å². The van der Waals surface area contributed by atoms with Gasteiger partial charge in [-0.2, -0.15) is 0 Å². The molecule has 0 amide bonds. The number of aromatic nitrogens is 2. The van der Waals surface area contributed by atoms with Crippen LogP contribution in [0.5, 0.6) is 0 Å². The van der Waals surface area contributed by atoms with E-state index in [0.29, 0.717) is 12.1 Å². The fourth-order valence-electron chi connectivity index (χ4n) is 2.51. The summed E-state index contributed by atoms with van der Waals surface area (Å²) in [4.78, 5) is 4.40. The van der Waals surface area contributed by atoms with Gasteiger partial charge < -0.3 is 10.3 Å². The number of hydrogen-bond acceptors (Lipinski definition) is 2. The molecule has 1 atom stereocenters. The van der Waals surface area contributed by atoms with Gasteiger partial charge in [-0.15, -0.1) is 0 Å². The molecule has 0 aliphatic heterocycles. The molecule has 2 N–H and O–H groups in total. The number of imidazole rings is 1. The van der Waals surface area contributed by atoms with Gasteiger partial charge in [0.15, 0.2) is 0 Å². The van der Waals surface area contributed by atoms with Gasteiger partial charge in [-0.3, -0.25) is 0 Å². The van der Waals surface area contributed by atoms with Crippen LogP contribution < -0.4 is 5.73 Å². The molecule has 106 valence electrons. The second-order valence-corrected chi connectivity index (χ2v) is 4.80. The Morgan fingerprint density at radius 2 is 1.76 bits per heavy atom. The lowest BCUT2D eigenvalue weighted by molar-refractivity contribution is 0.539. The van der Waals surface area contributed by atoms with Gasteiger partial charge in [-0.25, -0.2) is 9.37 Å². The van der Waals surface area contributed by atoms with Crippen LogP contribution in [0, 0.1) is 5.82 Å². The largest absolute Gasteiger partial charge is 0.328 e.